The number of cyclic esters (lactones) is 1. The van der Waals surface area contributed by atoms with Crippen LogP contribution in [0.2, 0.25) is 5.02 Å². The van der Waals surface area contributed by atoms with Gasteiger partial charge in [0.05, 0.1) is 23.6 Å². The molecular formula is C25H31ClN6O3. The van der Waals surface area contributed by atoms with Gasteiger partial charge in [-0.25, -0.2) is 14.8 Å². The smallest absolute Gasteiger partial charge is 0.413 e. The van der Waals surface area contributed by atoms with Gasteiger partial charge in [-0.2, -0.15) is 0 Å². The molecular weight excluding hydrogens is 468 g/mol. The van der Waals surface area contributed by atoms with E-state index in [0.717, 1.165) is 16.9 Å². The molecule has 2 aromatic rings. The fraction of sp³-hybridized carbons (Fsp3) is 0.520. The number of anilines is 2. The highest BCUT2D eigenvalue weighted by atomic mass is 35.5. The fourth-order valence-electron chi connectivity index (χ4n) is 5.41. The highest BCUT2D eigenvalue weighted by Crippen LogP contribution is 2.47. The van der Waals surface area contributed by atoms with Crippen LogP contribution in [0.3, 0.4) is 0 Å². The minimum absolute atomic E-state index is 0.102. The van der Waals surface area contributed by atoms with Crippen molar-refractivity contribution in [3.05, 3.63) is 46.7 Å². The van der Waals surface area contributed by atoms with Crippen molar-refractivity contribution < 1.29 is 14.3 Å². The summed E-state index contributed by atoms with van der Waals surface area (Å²) in [5, 5.41) is 6.77. The largest absolute Gasteiger partial charge is 0.441 e. The molecule has 1 aromatic carbocycles. The predicted molar refractivity (Wildman–Crippen MR) is 134 cm³/mol. The maximum absolute atomic E-state index is 13.9. The summed E-state index contributed by atoms with van der Waals surface area (Å²) in [7, 11) is 0. The van der Waals surface area contributed by atoms with Crippen molar-refractivity contribution in [3.8, 4) is 0 Å². The number of carbonyl (C=O) groups is 2. The molecule has 2 amide bonds. The number of nitrogens with zero attached hydrogens (tertiary/aromatic N) is 4. The van der Waals surface area contributed by atoms with Crippen molar-refractivity contribution in [2.45, 2.75) is 57.8 Å². The second-order valence-corrected chi connectivity index (χ2v) is 10.3. The number of hydrogen-bond donors (Lipinski definition) is 2. The zero-order chi connectivity index (χ0) is 24.9. The van der Waals surface area contributed by atoms with Crippen molar-refractivity contribution in [2.75, 3.05) is 29.9 Å². The van der Waals surface area contributed by atoms with Crippen LogP contribution in [-0.4, -0.2) is 64.6 Å². The number of hydrogen-bond acceptors (Lipinski definition) is 7. The molecule has 1 aromatic heterocycles. The summed E-state index contributed by atoms with van der Waals surface area (Å²) < 4.78 is 5.38. The molecule has 5 atom stereocenters. The number of ether oxygens (including phenoxy) is 1. The SMILES string of the molecule is CC(C)NC[C@@H](C(=O)N1CCN(c2ncnc3c2[C@@H](C)OC(=O)N3)C2C1[C@H]2C)c1ccc(Cl)cc1. The van der Waals surface area contributed by atoms with Crippen LogP contribution in [0, 0.1) is 5.92 Å². The van der Waals surface area contributed by atoms with Crippen molar-refractivity contribution >= 4 is 35.2 Å². The first-order chi connectivity index (χ1) is 16.8. The summed E-state index contributed by atoms with van der Waals surface area (Å²) in [6.45, 7) is 9.97. The average Bonchev–Trinajstić information content (AvgIpc) is 3.50. The summed E-state index contributed by atoms with van der Waals surface area (Å²) >= 11 is 6.11. The molecule has 5 rings (SSSR count). The number of nitrogens with one attached hydrogen (secondary N) is 2. The Bertz CT molecular complexity index is 1130. The van der Waals surface area contributed by atoms with Crippen LogP contribution in [-0.2, 0) is 9.53 Å². The topological polar surface area (TPSA) is 99.7 Å². The lowest BCUT2D eigenvalue weighted by Gasteiger charge is -2.38. The van der Waals surface area contributed by atoms with Gasteiger partial charge in [-0.3, -0.25) is 10.1 Å². The molecule has 0 radical (unpaired) electrons. The Hall–Kier alpha value is -2.91. The Morgan fingerprint density at radius 3 is 2.66 bits per heavy atom. The molecule has 9 nitrogen and oxygen atoms in total. The van der Waals surface area contributed by atoms with Crippen LogP contribution in [0.25, 0.3) is 0 Å². The van der Waals surface area contributed by atoms with Crippen molar-refractivity contribution in [1.29, 1.82) is 0 Å². The number of amides is 2. The average molecular weight is 499 g/mol. The first-order valence-corrected chi connectivity index (χ1v) is 12.5. The van der Waals surface area contributed by atoms with Gasteiger partial charge >= 0.3 is 6.09 Å². The lowest BCUT2D eigenvalue weighted by molar-refractivity contribution is -0.134. The molecule has 0 bridgehead atoms. The Labute approximate surface area is 210 Å². The van der Waals surface area contributed by atoms with E-state index in [9.17, 15) is 9.59 Å². The zero-order valence-electron chi connectivity index (χ0n) is 20.4. The second-order valence-electron chi connectivity index (χ2n) is 9.86. The summed E-state index contributed by atoms with van der Waals surface area (Å²) in [6.07, 6.45) is 0.518. The Kier molecular flexibility index (Phi) is 6.31. The van der Waals surface area contributed by atoms with Gasteiger partial charge in [0.25, 0.3) is 0 Å². The number of fused-ring (bicyclic) bond motifs is 2. The van der Waals surface area contributed by atoms with Crippen molar-refractivity contribution in [1.82, 2.24) is 20.2 Å². The third kappa shape index (κ3) is 4.43. The zero-order valence-corrected chi connectivity index (χ0v) is 21.1. The van der Waals surface area contributed by atoms with Gasteiger partial charge in [0, 0.05) is 36.6 Å². The highest BCUT2D eigenvalue weighted by molar-refractivity contribution is 6.30. The van der Waals surface area contributed by atoms with Crippen LogP contribution in [0.15, 0.2) is 30.6 Å². The highest BCUT2D eigenvalue weighted by Gasteiger charge is 2.59. The predicted octanol–water partition coefficient (Wildman–Crippen LogP) is 3.57. The number of halogens is 1. The lowest BCUT2D eigenvalue weighted by Crippen LogP contribution is -2.51. The Morgan fingerprint density at radius 1 is 1.20 bits per heavy atom. The molecule has 2 aliphatic heterocycles. The molecule has 0 spiro atoms. The molecule has 35 heavy (non-hydrogen) atoms. The van der Waals surface area contributed by atoms with Crippen molar-refractivity contribution in [2.24, 2.45) is 5.92 Å². The maximum Gasteiger partial charge on any atom is 0.413 e. The number of aromatic nitrogens is 2. The number of piperazine rings is 1. The van der Waals surface area contributed by atoms with Gasteiger partial charge in [-0.15, -0.1) is 0 Å². The molecule has 10 heteroatoms. The van der Waals surface area contributed by atoms with E-state index in [2.05, 4.69) is 46.3 Å². The third-order valence-corrected chi connectivity index (χ3v) is 7.47. The van der Waals surface area contributed by atoms with Gasteiger partial charge in [0.1, 0.15) is 24.1 Å². The molecule has 2 N–H and O–H groups in total. The van der Waals surface area contributed by atoms with E-state index in [1.165, 1.54) is 6.33 Å². The van der Waals surface area contributed by atoms with Gasteiger partial charge in [0.15, 0.2) is 0 Å². The van der Waals surface area contributed by atoms with E-state index >= 15 is 0 Å². The lowest BCUT2D eigenvalue weighted by atomic mass is 9.96. The van der Waals surface area contributed by atoms with Crippen LogP contribution in [0.1, 0.15) is 50.8 Å². The molecule has 1 saturated heterocycles. The quantitative estimate of drug-likeness (QED) is 0.628. The molecule has 1 aliphatic carbocycles. The summed E-state index contributed by atoms with van der Waals surface area (Å²) in [5.74, 6) is 1.40. The number of carbonyl (C=O) groups excluding carboxylic acids is 2. The molecule has 1 saturated carbocycles. The molecule has 2 fully saturated rings. The number of benzene rings is 1. The first kappa shape index (κ1) is 23.8. The van der Waals surface area contributed by atoms with E-state index in [-0.39, 0.29) is 30.0 Å². The van der Waals surface area contributed by atoms with Gasteiger partial charge in [0.2, 0.25) is 5.91 Å². The minimum Gasteiger partial charge on any atom is -0.441 e. The van der Waals surface area contributed by atoms with E-state index < -0.39 is 12.2 Å². The van der Waals surface area contributed by atoms with Crippen LogP contribution in [0.5, 0.6) is 0 Å². The van der Waals surface area contributed by atoms with E-state index in [1.807, 2.05) is 36.1 Å². The van der Waals surface area contributed by atoms with Gasteiger partial charge < -0.3 is 19.9 Å². The molecule has 3 aliphatic rings. The van der Waals surface area contributed by atoms with Gasteiger partial charge in [-0.05, 0) is 24.6 Å². The molecule has 186 valence electrons. The van der Waals surface area contributed by atoms with Crippen LogP contribution in [0.4, 0.5) is 16.4 Å². The summed E-state index contributed by atoms with van der Waals surface area (Å²) in [5.41, 5.74) is 1.75. The molecule has 2 unspecified atom stereocenters. The molecule has 3 heterocycles. The summed E-state index contributed by atoms with van der Waals surface area (Å²) in [6, 6.07) is 8.10. The number of rotatable bonds is 6. The first-order valence-electron chi connectivity index (χ1n) is 12.1. The van der Waals surface area contributed by atoms with E-state index in [4.69, 9.17) is 16.3 Å². The third-order valence-electron chi connectivity index (χ3n) is 7.22. The summed E-state index contributed by atoms with van der Waals surface area (Å²) in [4.78, 5) is 38.8. The second kappa shape index (κ2) is 9.28. The van der Waals surface area contributed by atoms with Crippen LogP contribution >= 0.6 is 11.6 Å². The Morgan fingerprint density at radius 2 is 1.94 bits per heavy atom. The van der Waals surface area contributed by atoms with Crippen molar-refractivity contribution in [3.63, 3.8) is 0 Å². The van der Waals surface area contributed by atoms with E-state index in [0.29, 0.717) is 36.4 Å². The fourth-order valence-corrected chi connectivity index (χ4v) is 5.53. The standard InChI is InChI=1S/C25H31ClN6O3/c1-13(2)27-11-18(16-5-7-17(26)8-6-16)24(33)32-10-9-31(20-14(3)21(20)32)23-19-15(4)35-25(34)30-22(19)28-12-29-23/h5-8,12-15,18,20-21,27H,9-11H2,1-4H3,(H,28,29,30,34)/t14-,15+,18+,20?,21?/m0/s1. The minimum atomic E-state index is -0.508. The maximum atomic E-state index is 13.9. The van der Waals surface area contributed by atoms with Gasteiger partial charge in [-0.1, -0.05) is 44.5 Å². The van der Waals surface area contributed by atoms with E-state index in [1.54, 1.807) is 0 Å². The van der Waals surface area contributed by atoms with Crippen LogP contribution < -0.4 is 15.5 Å². The Balaban J connectivity index is 1.39. The monoisotopic (exact) mass is 498 g/mol. The normalized spacial score (nSPS) is 25.9.